The van der Waals surface area contributed by atoms with Crippen molar-refractivity contribution >= 4 is 22.7 Å². The fourth-order valence-electron chi connectivity index (χ4n) is 1.85. The average Bonchev–Trinajstić information content (AvgIpc) is 2.81. The molecule has 0 amide bonds. The third-order valence-corrected chi connectivity index (χ3v) is 3.03. The van der Waals surface area contributed by atoms with Crippen LogP contribution in [0.3, 0.4) is 0 Å². The van der Waals surface area contributed by atoms with E-state index in [1.807, 2.05) is 30.3 Å². The zero-order valence-electron chi connectivity index (χ0n) is 9.51. The van der Waals surface area contributed by atoms with Crippen LogP contribution in [0.2, 0.25) is 5.02 Å². The molecule has 18 heavy (non-hydrogen) atoms. The molecule has 1 aromatic heterocycles. The SMILES string of the molecule is NC(c1ccccc1)c1nc2cc(Cl)ccc2o1. The van der Waals surface area contributed by atoms with Crippen LogP contribution in [0.25, 0.3) is 11.1 Å². The Morgan fingerprint density at radius 3 is 2.67 bits per heavy atom. The van der Waals surface area contributed by atoms with Crippen molar-refractivity contribution in [1.29, 1.82) is 0 Å². The van der Waals surface area contributed by atoms with Gasteiger partial charge in [0.15, 0.2) is 5.58 Å². The minimum absolute atomic E-state index is 0.364. The highest BCUT2D eigenvalue weighted by atomic mass is 35.5. The van der Waals surface area contributed by atoms with E-state index in [1.165, 1.54) is 0 Å². The molecule has 0 bridgehead atoms. The van der Waals surface area contributed by atoms with Crippen LogP contribution in [0.4, 0.5) is 0 Å². The molecule has 0 saturated carbocycles. The minimum atomic E-state index is -0.364. The van der Waals surface area contributed by atoms with E-state index in [2.05, 4.69) is 4.98 Å². The average molecular weight is 259 g/mol. The fourth-order valence-corrected chi connectivity index (χ4v) is 2.02. The first-order valence-electron chi connectivity index (χ1n) is 5.60. The van der Waals surface area contributed by atoms with Crippen molar-refractivity contribution in [2.24, 2.45) is 5.73 Å². The number of nitrogens with two attached hydrogens (primary N) is 1. The van der Waals surface area contributed by atoms with Gasteiger partial charge in [-0.3, -0.25) is 0 Å². The van der Waals surface area contributed by atoms with Crippen LogP contribution < -0.4 is 5.73 Å². The quantitative estimate of drug-likeness (QED) is 0.765. The van der Waals surface area contributed by atoms with Gasteiger partial charge < -0.3 is 10.2 Å². The number of rotatable bonds is 2. The summed E-state index contributed by atoms with van der Waals surface area (Å²) < 4.78 is 5.64. The largest absolute Gasteiger partial charge is 0.439 e. The second-order valence-electron chi connectivity index (χ2n) is 4.05. The number of benzene rings is 2. The Hall–Kier alpha value is -1.84. The molecule has 3 rings (SSSR count). The Morgan fingerprint density at radius 2 is 1.89 bits per heavy atom. The Bertz CT molecular complexity index is 679. The number of hydrogen-bond acceptors (Lipinski definition) is 3. The molecule has 1 atom stereocenters. The van der Waals surface area contributed by atoms with Crippen molar-refractivity contribution in [3.05, 3.63) is 65.0 Å². The summed E-state index contributed by atoms with van der Waals surface area (Å²) in [5, 5.41) is 0.635. The summed E-state index contributed by atoms with van der Waals surface area (Å²) in [7, 11) is 0. The monoisotopic (exact) mass is 258 g/mol. The molecule has 0 aliphatic heterocycles. The first kappa shape index (κ1) is 11.3. The molecule has 4 heteroatoms. The second kappa shape index (κ2) is 4.44. The van der Waals surface area contributed by atoms with Crippen LogP contribution in [0.5, 0.6) is 0 Å². The van der Waals surface area contributed by atoms with E-state index in [4.69, 9.17) is 21.8 Å². The molecular formula is C14H11ClN2O. The molecule has 0 radical (unpaired) electrons. The third-order valence-electron chi connectivity index (χ3n) is 2.79. The molecule has 90 valence electrons. The fraction of sp³-hybridized carbons (Fsp3) is 0.0714. The Labute approximate surface area is 109 Å². The lowest BCUT2D eigenvalue weighted by Gasteiger charge is -2.06. The van der Waals surface area contributed by atoms with Gasteiger partial charge in [0.05, 0.1) is 0 Å². The van der Waals surface area contributed by atoms with Crippen molar-refractivity contribution in [3.63, 3.8) is 0 Å². The summed E-state index contributed by atoms with van der Waals surface area (Å²) in [5.74, 6) is 0.499. The molecule has 2 aromatic carbocycles. The number of nitrogens with zero attached hydrogens (tertiary/aromatic N) is 1. The lowest BCUT2D eigenvalue weighted by molar-refractivity contribution is 0.505. The lowest BCUT2D eigenvalue weighted by Crippen LogP contribution is -2.11. The molecule has 1 unspecified atom stereocenters. The normalized spacial score (nSPS) is 12.8. The molecule has 1 heterocycles. The predicted octanol–water partition coefficient (Wildman–Crippen LogP) is 3.53. The highest BCUT2D eigenvalue weighted by Gasteiger charge is 2.15. The van der Waals surface area contributed by atoms with Crippen LogP contribution in [-0.2, 0) is 0 Å². The Kier molecular flexibility index (Phi) is 2.78. The molecule has 3 nitrogen and oxygen atoms in total. The predicted molar refractivity (Wildman–Crippen MR) is 71.5 cm³/mol. The Balaban J connectivity index is 2.04. The zero-order chi connectivity index (χ0) is 12.5. The van der Waals surface area contributed by atoms with Crippen molar-refractivity contribution in [2.75, 3.05) is 0 Å². The van der Waals surface area contributed by atoms with E-state index >= 15 is 0 Å². The van der Waals surface area contributed by atoms with Gasteiger partial charge in [-0.2, -0.15) is 0 Å². The van der Waals surface area contributed by atoms with Crippen LogP contribution in [0.15, 0.2) is 52.9 Å². The van der Waals surface area contributed by atoms with Crippen molar-refractivity contribution < 1.29 is 4.42 Å². The van der Waals surface area contributed by atoms with Gasteiger partial charge in [0, 0.05) is 5.02 Å². The van der Waals surface area contributed by atoms with Gasteiger partial charge in [-0.05, 0) is 23.8 Å². The maximum Gasteiger partial charge on any atom is 0.217 e. The lowest BCUT2D eigenvalue weighted by atomic mass is 10.1. The van der Waals surface area contributed by atoms with Crippen LogP contribution in [-0.4, -0.2) is 4.98 Å². The molecule has 0 aliphatic rings. The summed E-state index contributed by atoms with van der Waals surface area (Å²) in [6, 6.07) is 14.7. The van der Waals surface area contributed by atoms with Crippen LogP contribution in [0.1, 0.15) is 17.5 Å². The van der Waals surface area contributed by atoms with E-state index in [1.54, 1.807) is 18.2 Å². The highest BCUT2D eigenvalue weighted by molar-refractivity contribution is 6.31. The van der Waals surface area contributed by atoms with E-state index in [9.17, 15) is 0 Å². The van der Waals surface area contributed by atoms with E-state index in [-0.39, 0.29) is 6.04 Å². The molecule has 0 saturated heterocycles. The standard InChI is InChI=1S/C14H11ClN2O/c15-10-6-7-12-11(8-10)17-14(18-12)13(16)9-4-2-1-3-5-9/h1-8,13H,16H2. The van der Waals surface area contributed by atoms with Gasteiger partial charge in [-0.15, -0.1) is 0 Å². The van der Waals surface area contributed by atoms with Gasteiger partial charge in [0.2, 0.25) is 5.89 Å². The number of fused-ring (bicyclic) bond motifs is 1. The summed E-state index contributed by atoms with van der Waals surface area (Å²) in [6.07, 6.45) is 0. The van der Waals surface area contributed by atoms with Gasteiger partial charge in [0.25, 0.3) is 0 Å². The topological polar surface area (TPSA) is 52.0 Å². The van der Waals surface area contributed by atoms with Gasteiger partial charge in [-0.1, -0.05) is 41.9 Å². The number of oxazole rings is 1. The maximum atomic E-state index is 6.13. The van der Waals surface area contributed by atoms with Gasteiger partial charge >= 0.3 is 0 Å². The molecule has 0 aliphatic carbocycles. The highest BCUT2D eigenvalue weighted by Crippen LogP contribution is 2.25. The van der Waals surface area contributed by atoms with E-state index in [0.29, 0.717) is 16.5 Å². The Morgan fingerprint density at radius 1 is 1.11 bits per heavy atom. The van der Waals surface area contributed by atoms with Crippen LogP contribution in [0, 0.1) is 0 Å². The van der Waals surface area contributed by atoms with Crippen molar-refractivity contribution in [2.45, 2.75) is 6.04 Å². The van der Waals surface area contributed by atoms with Gasteiger partial charge in [-0.25, -0.2) is 4.98 Å². The minimum Gasteiger partial charge on any atom is -0.439 e. The zero-order valence-corrected chi connectivity index (χ0v) is 10.3. The summed E-state index contributed by atoms with van der Waals surface area (Å²) in [5.41, 5.74) is 8.52. The smallest absolute Gasteiger partial charge is 0.217 e. The first-order valence-corrected chi connectivity index (χ1v) is 5.98. The molecule has 3 aromatic rings. The molecule has 0 fully saturated rings. The van der Waals surface area contributed by atoms with Crippen molar-refractivity contribution in [3.8, 4) is 0 Å². The molecule has 0 spiro atoms. The van der Waals surface area contributed by atoms with Gasteiger partial charge in [0.1, 0.15) is 11.6 Å². The molecule has 2 N–H and O–H groups in total. The molecular weight excluding hydrogens is 248 g/mol. The summed E-state index contributed by atoms with van der Waals surface area (Å²) in [4.78, 5) is 4.37. The van der Waals surface area contributed by atoms with E-state index in [0.717, 1.165) is 11.1 Å². The van der Waals surface area contributed by atoms with Crippen molar-refractivity contribution in [1.82, 2.24) is 4.98 Å². The van der Waals surface area contributed by atoms with E-state index < -0.39 is 0 Å². The third kappa shape index (κ3) is 1.98. The summed E-state index contributed by atoms with van der Waals surface area (Å²) >= 11 is 5.91. The number of halogens is 1. The second-order valence-corrected chi connectivity index (χ2v) is 4.49. The maximum absolute atomic E-state index is 6.13. The number of hydrogen-bond donors (Lipinski definition) is 1. The van der Waals surface area contributed by atoms with Crippen LogP contribution >= 0.6 is 11.6 Å². The summed E-state index contributed by atoms with van der Waals surface area (Å²) in [6.45, 7) is 0. The number of aromatic nitrogens is 1. The first-order chi connectivity index (χ1) is 8.74.